The third-order valence-electron chi connectivity index (χ3n) is 6.63. The van der Waals surface area contributed by atoms with E-state index in [1.807, 2.05) is 24.3 Å². The minimum atomic E-state index is -0.121. The maximum absolute atomic E-state index is 12.7. The lowest BCUT2D eigenvalue weighted by Gasteiger charge is -2.29. The number of benzene rings is 2. The van der Waals surface area contributed by atoms with Crippen LogP contribution in [-0.2, 0) is 12.0 Å². The molecule has 0 atom stereocenters. The van der Waals surface area contributed by atoms with Crippen LogP contribution >= 0.6 is 0 Å². The van der Waals surface area contributed by atoms with Crippen molar-refractivity contribution in [3.8, 4) is 5.75 Å². The van der Waals surface area contributed by atoms with E-state index in [0.29, 0.717) is 24.7 Å². The second kappa shape index (κ2) is 10.6. The first kappa shape index (κ1) is 24.8. The zero-order valence-corrected chi connectivity index (χ0v) is 21.7. The highest BCUT2D eigenvalue weighted by molar-refractivity contribution is 5.75. The fraction of sp³-hybridized carbons (Fsp3) is 0.345. The zero-order chi connectivity index (χ0) is 25.8. The predicted octanol–water partition coefficient (Wildman–Crippen LogP) is 4.32. The van der Waals surface area contributed by atoms with Crippen molar-refractivity contribution in [2.75, 3.05) is 43.0 Å². The number of nitrogens with one attached hydrogen (secondary N) is 2. The van der Waals surface area contributed by atoms with Crippen LogP contribution < -0.4 is 25.8 Å². The Morgan fingerprint density at radius 3 is 2.41 bits per heavy atom. The molecule has 3 heterocycles. The van der Waals surface area contributed by atoms with Gasteiger partial charge in [-0.15, -0.1) is 0 Å². The molecule has 2 aromatic carbocycles. The Kier molecular flexibility index (Phi) is 7.10. The van der Waals surface area contributed by atoms with Gasteiger partial charge in [0.05, 0.1) is 6.54 Å². The molecule has 0 saturated carbocycles. The fourth-order valence-electron chi connectivity index (χ4n) is 4.46. The lowest BCUT2D eigenvalue weighted by atomic mass is 9.87. The summed E-state index contributed by atoms with van der Waals surface area (Å²) < 4.78 is 7.58. The Morgan fingerprint density at radius 2 is 1.70 bits per heavy atom. The first-order valence-electron chi connectivity index (χ1n) is 12.8. The number of piperazine rings is 1. The van der Waals surface area contributed by atoms with Gasteiger partial charge >= 0.3 is 0 Å². The minimum Gasteiger partial charge on any atom is -0.492 e. The van der Waals surface area contributed by atoms with E-state index >= 15 is 0 Å². The first-order chi connectivity index (χ1) is 17.9. The van der Waals surface area contributed by atoms with E-state index in [2.05, 4.69) is 70.5 Å². The van der Waals surface area contributed by atoms with Gasteiger partial charge in [0.25, 0.3) is 5.56 Å². The van der Waals surface area contributed by atoms with E-state index in [1.165, 1.54) is 11.3 Å². The molecule has 192 valence electrons. The Morgan fingerprint density at radius 1 is 0.973 bits per heavy atom. The highest BCUT2D eigenvalue weighted by Gasteiger charge is 2.14. The van der Waals surface area contributed by atoms with Gasteiger partial charge in [0.2, 0.25) is 5.95 Å². The normalized spacial score (nSPS) is 14.1. The van der Waals surface area contributed by atoms with Gasteiger partial charge in [-0.25, -0.2) is 4.98 Å². The summed E-state index contributed by atoms with van der Waals surface area (Å²) >= 11 is 0. The van der Waals surface area contributed by atoms with E-state index < -0.39 is 0 Å². The molecule has 0 amide bonds. The van der Waals surface area contributed by atoms with Crippen LogP contribution in [0.4, 0.5) is 17.3 Å². The standard InChI is InChI=1S/C29H34N6O2/c1-29(2,3)22-5-11-25(12-6-22)37-19-18-35-26(36)13-4-21-20-31-28(33-27(21)35)32-23-7-9-24(10-8-23)34-16-14-30-15-17-34/h4-13,20,30H,14-19H2,1-3H3,(H,31,32,33). The Balaban J connectivity index is 1.28. The van der Waals surface area contributed by atoms with Crippen molar-refractivity contribution in [2.45, 2.75) is 32.7 Å². The highest BCUT2D eigenvalue weighted by atomic mass is 16.5. The number of rotatable bonds is 7. The third kappa shape index (κ3) is 5.91. The van der Waals surface area contributed by atoms with Crippen molar-refractivity contribution >= 4 is 28.4 Å². The summed E-state index contributed by atoms with van der Waals surface area (Å²) in [5, 5.41) is 7.45. The molecule has 1 saturated heterocycles. The van der Waals surface area contributed by atoms with E-state index in [-0.39, 0.29) is 11.0 Å². The fourth-order valence-corrected chi connectivity index (χ4v) is 4.46. The molecule has 4 aromatic rings. The molecule has 0 radical (unpaired) electrons. The lowest BCUT2D eigenvalue weighted by Crippen LogP contribution is -2.43. The molecule has 37 heavy (non-hydrogen) atoms. The Hall–Kier alpha value is -3.91. The molecule has 1 fully saturated rings. The van der Waals surface area contributed by atoms with E-state index in [1.54, 1.807) is 22.9 Å². The number of hydrogen-bond donors (Lipinski definition) is 2. The largest absolute Gasteiger partial charge is 0.492 e. The van der Waals surface area contributed by atoms with Crippen LogP contribution in [0.3, 0.4) is 0 Å². The highest BCUT2D eigenvalue weighted by Crippen LogP contribution is 2.24. The summed E-state index contributed by atoms with van der Waals surface area (Å²) in [6, 6.07) is 19.7. The monoisotopic (exact) mass is 498 g/mol. The van der Waals surface area contributed by atoms with Crippen molar-refractivity contribution in [3.63, 3.8) is 0 Å². The van der Waals surface area contributed by atoms with Gasteiger partial charge in [0.15, 0.2) is 0 Å². The van der Waals surface area contributed by atoms with Crippen LogP contribution in [0.5, 0.6) is 5.75 Å². The Bertz CT molecular complexity index is 1400. The maximum atomic E-state index is 12.7. The number of nitrogens with zero attached hydrogens (tertiary/aromatic N) is 4. The van der Waals surface area contributed by atoms with Crippen molar-refractivity contribution in [2.24, 2.45) is 0 Å². The van der Waals surface area contributed by atoms with Crippen molar-refractivity contribution in [3.05, 3.63) is 82.8 Å². The molecule has 1 aliphatic heterocycles. The number of hydrogen-bond acceptors (Lipinski definition) is 7. The van der Waals surface area contributed by atoms with Crippen LogP contribution in [-0.4, -0.2) is 47.3 Å². The van der Waals surface area contributed by atoms with Crippen LogP contribution in [0.25, 0.3) is 11.0 Å². The quantitative estimate of drug-likeness (QED) is 0.393. The smallest absolute Gasteiger partial charge is 0.252 e. The molecule has 8 heteroatoms. The number of fused-ring (bicyclic) bond motifs is 1. The second-order valence-corrected chi connectivity index (χ2v) is 10.3. The minimum absolute atomic E-state index is 0.0906. The molecular formula is C29H34N6O2. The summed E-state index contributed by atoms with van der Waals surface area (Å²) in [5.74, 6) is 1.22. The van der Waals surface area contributed by atoms with E-state index in [0.717, 1.165) is 43.0 Å². The summed E-state index contributed by atoms with van der Waals surface area (Å²) in [6.45, 7) is 11.3. The van der Waals surface area contributed by atoms with Gasteiger partial charge in [0, 0.05) is 55.2 Å². The van der Waals surface area contributed by atoms with Crippen molar-refractivity contribution in [1.82, 2.24) is 19.9 Å². The number of aromatic nitrogens is 3. The lowest BCUT2D eigenvalue weighted by molar-refractivity contribution is 0.298. The molecular weight excluding hydrogens is 464 g/mol. The summed E-state index contributed by atoms with van der Waals surface area (Å²) in [4.78, 5) is 24.2. The van der Waals surface area contributed by atoms with Crippen LogP contribution in [0.1, 0.15) is 26.3 Å². The number of pyridine rings is 1. The number of ether oxygens (including phenoxy) is 1. The molecule has 0 unspecified atom stereocenters. The molecule has 0 bridgehead atoms. The van der Waals surface area contributed by atoms with Gasteiger partial charge in [-0.05, 0) is 53.4 Å². The molecule has 0 aliphatic carbocycles. The summed E-state index contributed by atoms with van der Waals surface area (Å²) in [7, 11) is 0. The van der Waals surface area contributed by atoms with Gasteiger partial charge in [-0.2, -0.15) is 4.98 Å². The molecule has 5 rings (SSSR count). The molecule has 1 aliphatic rings. The zero-order valence-electron chi connectivity index (χ0n) is 21.7. The van der Waals surface area contributed by atoms with Crippen LogP contribution in [0, 0.1) is 0 Å². The molecule has 0 spiro atoms. The summed E-state index contributed by atoms with van der Waals surface area (Å²) in [6.07, 6.45) is 1.74. The molecule has 2 aromatic heterocycles. The second-order valence-electron chi connectivity index (χ2n) is 10.3. The molecule has 8 nitrogen and oxygen atoms in total. The van der Waals surface area contributed by atoms with Gasteiger partial charge in [-0.1, -0.05) is 32.9 Å². The first-order valence-corrected chi connectivity index (χ1v) is 12.8. The molecule has 2 N–H and O–H groups in total. The third-order valence-corrected chi connectivity index (χ3v) is 6.63. The Labute approximate surface area is 217 Å². The topological polar surface area (TPSA) is 84.3 Å². The van der Waals surface area contributed by atoms with Gasteiger partial charge < -0.3 is 20.3 Å². The summed E-state index contributed by atoms with van der Waals surface area (Å²) in [5.41, 5.74) is 3.89. The van der Waals surface area contributed by atoms with E-state index in [9.17, 15) is 4.79 Å². The average Bonchev–Trinajstić information content (AvgIpc) is 2.91. The average molecular weight is 499 g/mol. The van der Waals surface area contributed by atoms with Crippen LogP contribution in [0.15, 0.2) is 71.7 Å². The van der Waals surface area contributed by atoms with Crippen LogP contribution in [0.2, 0.25) is 0 Å². The van der Waals surface area contributed by atoms with Crippen molar-refractivity contribution < 1.29 is 4.74 Å². The number of anilines is 3. The van der Waals surface area contributed by atoms with E-state index in [4.69, 9.17) is 4.74 Å². The predicted molar refractivity (Wildman–Crippen MR) is 149 cm³/mol. The van der Waals surface area contributed by atoms with Gasteiger partial charge in [0.1, 0.15) is 18.0 Å². The maximum Gasteiger partial charge on any atom is 0.252 e. The SMILES string of the molecule is CC(C)(C)c1ccc(OCCn2c(=O)ccc3cnc(Nc4ccc(N5CCNCC5)cc4)nc32)cc1. The van der Waals surface area contributed by atoms with Crippen molar-refractivity contribution in [1.29, 1.82) is 0 Å². The van der Waals surface area contributed by atoms with Gasteiger partial charge in [-0.3, -0.25) is 9.36 Å².